The average Bonchev–Trinajstić information content (AvgIpc) is 2.84. The van der Waals surface area contributed by atoms with Crippen LogP contribution in [0.5, 0.6) is 0 Å². The average molecular weight is 456 g/mol. The zero-order chi connectivity index (χ0) is 23.1. The van der Waals surface area contributed by atoms with E-state index in [2.05, 4.69) is 36.4 Å². The molecule has 6 aliphatic carbocycles. The van der Waals surface area contributed by atoms with Crippen LogP contribution in [-0.2, 0) is 0 Å². The van der Waals surface area contributed by atoms with Gasteiger partial charge in [-0.2, -0.15) is 0 Å². The van der Waals surface area contributed by atoms with Crippen molar-refractivity contribution in [1.82, 2.24) is 0 Å². The van der Waals surface area contributed by atoms with Gasteiger partial charge in [0, 0.05) is 23.7 Å². The molecule has 0 saturated heterocycles. The van der Waals surface area contributed by atoms with E-state index < -0.39 is 11.9 Å². The zero-order valence-electron chi connectivity index (χ0n) is 20.0. The molecule has 0 spiro atoms. The first-order chi connectivity index (χ1) is 16.5. The monoisotopic (exact) mass is 456 g/mol. The smallest absolute Gasteiger partial charge is 0.545 e. The molecule has 164 valence electrons. The first-order valence-corrected chi connectivity index (χ1v) is 11.4. The Labute approximate surface area is 232 Å². The number of carboxylic acids is 2. The van der Waals surface area contributed by atoms with Crippen LogP contribution in [-0.4, -0.2) is 11.9 Å². The third kappa shape index (κ3) is 3.23. The minimum Gasteiger partial charge on any atom is -0.545 e. The summed E-state index contributed by atoms with van der Waals surface area (Å²) in [7, 11) is 0. The van der Waals surface area contributed by atoms with E-state index in [1.54, 1.807) is 24.3 Å². The van der Waals surface area contributed by atoms with Crippen molar-refractivity contribution < 1.29 is 57.5 Å². The largest absolute Gasteiger partial charge is 1.00 e. The van der Waals surface area contributed by atoms with Crippen molar-refractivity contribution in [3.8, 4) is 0 Å². The number of carbonyl (C=O) groups excluding carboxylic acids is 2. The normalized spacial score (nSPS) is 21.3. The predicted octanol–water partition coefficient (Wildman–Crippen LogP) is -2.71. The summed E-state index contributed by atoms with van der Waals surface area (Å²) < 4.78 is 0. The zero-order valence-corrected chi connectivity index (χ0v) is 20.0. The van der Waals surface area contributed by atoms with Gasteiger partial charge in [0.25, 0.3) is 0 Å². The minimum atomic E-state index is -1.20. The summed E-state index contributed by atoms with van der Waals surface area (Å²) in [5.74, 6) is -2.74. The second-order valence-corrected chi connectivity index (χ2v) is 9.43. The van der Waals surface area contributed by atoms with Gasteiger partial charge in [0.05, 0.1) is 11.9 Å². The molecule has 4 aromatic carbocycles. The molecular formula is C30H18Li2O4. The summed E-state index contributed by atoms with van der Waals surface area (Å²) in [6.07, 6.45) is 0. The van der Waals surface area contributed by atoms with Crippen LogP contribution in [0.15, 0.2) is 84.9 Å². The first-order valence-electron chi connectivity index (χ1n) is 11.4. The summed E-state index contributed by atoms with van der Waals surface area (Å²) in [5.41, 5.74) is 9.40. The molecule has 4 unspecified atom stereocenters. The summed E-state index contributed by atoms with van der Waals surface area (Å²) in [6.45, 7) is 0. The van der Waals surface area contributed by atoms with Gasteiger partial charge in [0.1, 0.15) is 0 Å². The van der Waals surface area contributed by atoms with Gasteiger partial charge in [-0.3, -0.25) is 0 Å². The Morgan fingerprint density at radius 3 is 1.03 bits per heavy atom. The molecule has 0 aromatic heterocycles. The van der Waals surface area contributed by atoms with Gasteiger partial charge in [-0.15, -0.1) is 0 Å². The number of rotatable bonds is 2. The standard InChI is InChI=1S/C30H20O4.2Li/c31-29(32)15-9-11-21-23(13-15)27-19-7-3-1-5-17(19)25(21)26-18-6-2-4-8-20(18)28(27)24-14-16(30(33)34)10-12-22(24)26;;/h1-14,25-28H,(H,31,32)(H,33,34);;/q;2*+1/p-2. The quantitative estimate of drug-likeness (QED) is 0.308. The Morgan fingerprint density at radius 1 is 0.444 bits per heavy atom. The van der Waals surface area contributed by atoms with Crippen molar-refractivity contribution in [2.75, 3.05) is 0 Å². The SMILES string of the molecule is O=C([O-])c1ccc2c(c1)C1c3ccccc3C2C2c3ccccc3C1c1cc(C(=O)[O-])ccc12.[Li+].[Li+]. The Balaban J connectivity index is 0.00000133. The maximum absolute atomic E-state index is 11.8. The van der Waals surface area contributed by atoms with Crippen molar-refractivity contribution in [1.29, 1.82) is 0 Å². The Hall–Kier alpha value is -2.99. The van der Waals surface area contributed by atoms with Crippen LogP contribution >= 0.6 is 0 Å². The second-order valence-electron chi connectivity index (χ2n) is 9.43. The molecule has 0 amide bonds. The van der Waals surface area contributed by atoms with Crippen molar-refractivity contribution in [3.05, 3.63) is 141 Å². The van der Waals surface area contributed by atoms with Gasteiger partial charge in [-0.25, -0.2) is 0 Å². The topological polar surface area (TPSA) is 80.3 Å². The van der Waals surface area contributed by atoms with Gasteiger partial charge >= 0.3 is 37.7 Å². The van der Waals surface area contributed by atoms with E-state index in [4.69, 9.17) is 0 Å². The van der Waals surface area contributed by atoms with E-state index in [-0.39, 0.29) is 72.5 Å². The Morgan fingerprint density at radius 2 is 0.722 bits per heavy atom. The molecule has 6 heteroatoms. The molecule has 0 saturated carbocycles. The summed E-state index contributed by atoms with van der Waals surface area (Å²) in [4.78, 5) is 23.6. The molecule has 4 bridgehead atoms. The van der Waals surface area contributed by atoms with E-state index in [9.17, 15) is 19.8 Å². The fraction of sp³-hybridized carbons (Fsp3) is 0.133. The number of benzene rings is 4. The molecule has 10 rings (SSSR count). The molecule has 4 atom stereocenters. The minimum absolute atomic E-state index is 0. The third-order valence-electron chi connectivity index (χ3n) is 7.98. The molecule has 36 heavy (non-hydrogen) atoms. The molecule has 0 heterocycles. The van der Waals surface area contributed by atoms with Crippen molar-refractivity contribution in [2.45, 2.75) is 23.7 Å². The van der Waals surface area contributed by atoms with Crippen LogP contribution < -0.4 is 47.9 Å². The predicted molar refractivity (Wildman–Crippen MR) is 122 cm³/mol. The summed E-state index contributed by atoms with van der Waals surface area (Å²) in [6, 6.07) is 27.5. The van der Waals surface area contributed by atoms with Gasteiger partial charge in [0.15, 0.2) is 0 Å². The molecule has 0 fully saturated rings. The van der Waals surface area contributed by atoms with Crippen LogP contribution in [0.2, 0.25) is 0 Å². The Kier molecular flexibility index (Phi) is 6.07. The summed E-state index contributed by atoms with van der Waals surface area (Å²) >= 11 is 0. The molecule has 4 aromatic rings. The van der Waals surface area contributed by atoms with Crippen molar-refractivity contribution in [3.63, 3.8) is 0 Å². The van der Waals surface area contributed by atoms with Crippen LogP contribution in [0, 0.1) is 0 Å². The van der Waals surface area contributed by atoms with Gasteiger partial charge in [0.2, 0.25) is 0 Å². The number of hydrogen-bond donors (Lipinski definition) is 0. The van der Waals surface area contributed by atoms with Crippen molar-refractivity contribution in [2.24, 2.45) is 0 Å². The molecule has 0 radical (unpaired) electrons. The van der Waals surface area contributed by atoms with E-state index >= 15 is 0 Å². The molecule has 6 aliphatic rings. The van der Waals surface area contributed by atoms with E-state index in [0.29, 0.717) is 0 Å². The maximum atomic E-state index is 11.8. The van der Waals surface area contributed by atoms with Gasteiger partial charge in [-0.05, 0) is 67.8 Å². The Bertz CT molecular complexity index is 1440. The van der Waals surface area contributed by atoms with Crippen molar-refractivity contribution >= 4 is 11.9 Å². The number of carbonyl (C=O) groups is 2. The number of carboxylic acid groups (broad SMARTS) is 2. The fourth-order valence-electron chi connectivity index (χ4n) is 6.77. The number of hydrogen-bond acceptors (Lipinski definition) is 4. The molecule has 4 nitrogen and oxygen atoms in total. The third-order valence-corrected chi connectivity index (χ3v) is 7.98. The maximum Gasteiger partial charge on any atom is 1.00 e. The van der Waals surface area contributed by atoms with Crippen LogP contribution in [0.4, 0.5) is 0 Å². The molecule has 0 aliphatic heterocycles. The van der Waals surface area contributed by atoms with E-state index in [1.165, 1.54) is 22.3 Å². The van der Waals surface area contributed by atoms with E-state index in [1.807, 2.05) is 24.3 Å². The fourth-order valence-corrected chi connectivity index (χ4v) is 6.77. The van der Waals surface area contributed by atoms with Crippen LogP contribution in [0.25, 0.3) is 0 Å². The molecule has 0 N–H and O–H groups in total. The van der Waals surface area contributed by atoms with Crippen LogP contribution in [0.1, 0.15) is 88.9 Å². The van der Waals surface area contributed by atoms with Gasteiger partial charge < -0.3 is 19.8 Å². The number of aromatic carboxylic acids is 2. The van der Waals surface area contributed by atoms with Gasteiger partial charge in [-0.1, -0.05) is 72.8 Å². The molecular weight excluding hydrogens is 438 g/mol. The summed E-state index contributed by atoms with van der Waals surface area (Å²) in [5, 5.41) is 23.6. The second kappa shape index (κ2) is 8.84. The van der Waals surface area contributed by atoms with Crippen LogP contribution in [0.3, 0.4) is 0 Å². The first kappa shape index (κ1) is 24.7. The van der Waals surface area contributed by atoms with E-state index in [0.717, 1.165) is 22.3 Å².